The molecule has 3 heterocycles. The number of aromatic nitrogens is 3. The van der Waals surface area contributed by atoms with Crippen LogP contribution in [0.25, 0.3) is 11.3 Å². The quantitative estimate of drug-likeness (QED) is 0.870. The lowest BCUT2D eigenvalue weighted by atomic mass is 10.1. The van der Waals surface area contributed by atoms with Gasteiger partial charge in [0.05, 0.1) is 17.9 Å². The number of ether oxygens (including phenoxy) is 1. The highest BCUT2D eigenvalue weighted by Gasteiger charge is 2.34. The fraction of sp³-hybridized carbons (Fsp3) is 0.333. The van der Waals surface area contributed by atoms with Crippen LogP contribution in [0.15, 0.2) is 18.5 Å². The summed E-state index contributed by atoms with van der Waals surface area (Å²) in [5.41, 5.74) is 5.05. The summed E-state index contributed by atoms with van der Waals surface area (Å²) in [7, 11) is 0. The van der Waals surface area contributed by atoms with Gasteiger partial charge in [0.25, 0.3) is 0 Å². The molecule has 2 aromatic rings. The third-order valence-electron chi connectivity index (χ3n) is 3.09. The number of nitrogens with two attached hydrogens (primary N) is 1. The van der Waals surface area contributed by atoms with Crippen LogP contribution in [-0.2, 0) is 24.1 Å². The van der Waals surface area contributed by atoms with Gasteiger partial charge in [-0.1, -0.05) is 0 Å². The molecular weight excluding hydrogens is 273 g/mol. The molecule has 0 saturated carbocycles. The third kappa shape index (κ3) is 2.22. The van der Waals surface area contributed by atoms with E-state index in [1.807, 2.05) is 4.57 Å². The van der Waals surface area contributed by atoms with Gasteiger partial charge in [-0.05, 0) is 6.07 Å². The first-order valence-electron chi connectivity index (χ1n) is 5.92. The van der Waals surface area contributed by atoms with Gasteiger partial charge in [-0.25, -0.2) is 9.97 Å². The fourth-order valence-electron chi connectivity index (χ4n) is 2.07. The Balaban J connectivity index is 2.04. The van der Waals surface area contributed by atoms with Crippen LogP contribution in [0.3, 0.4) is 0 Å². The summed E-state index contributed by atoms with van der Waals surface area (Å²) in [5.74, 6) is 0.158. The van der Waals surface area contributed by atoms with Crippen molar-refractivity contribution in [3.05, 3.63) is 29.8 Å². The summed E-state index contributed by atoms with van der Waals surface area (Å²) in [6.45, 7) is 1.56. The molecule has 0 amide bonds. The predicted molar refractivity (Wildman–Crippen MR) is 64.5 cm³/mol. The number of alkyl halides is 3. The van der Waals surface area contributed by atoms with E-state index >= 15 is 0 Å². The molecule has 0 unspecified atom stereocenters. The van der Waals surface area contributed by atoms with E-state index in [9.17, 15) is 13.2 Å². The average molecular weight is 284 g/mol. The molecule has 0 fully saturated rings. The lowest BCUT2D eigenvalue weighted by Crippen LogP contribution is -2.15. The van der Waals surface area contributed by atoms with Gasteiger partial charge in [0, 0.05) is 24.5 Å². The van der Waals surface area contributed by atoms with Crippen LogP contribution in [0.2, 0.25) is 0 Å². The number of hydrogen-bond acceptors (Lipinski definition) is 4. The Bertz CT molecular complexity index is 627. The van der Waals surface area contributed by atoms with Crippen LogP contribution >= 0.6 is 0 Å². The molecule has 3 rings (SSSR count). The summed E-state index contributed by atoms with van der Waals surface area (Å²) in [5, 5.41) is 0. The maximum absolute atomic E-state index is 12.8. The van der Waals surface area contributed by atoms with Crippen LogP contribution < -0.4 is 5.73 Å². The van der Waals surface area contributed by atoms with E-state index < -0.39 is 17.6 Å². The Morgan fingerprint density at radius 1 is 1.35 bits per heavy atom. The second-order valence-electron chi connectivity index (χ2n) is 4.44. The number of rotatable bonds is 1. The Morgan fingerprint density at radius 3 is 2.85 bits per heavy atom. The zero-order valence-corrected chi connectivity index (χ0v) is 10.3. The van der Waals surface area contributed by atoms with Gasteiger partial charge >= 0.3 is 6.18 Å². The molecule has 0 aromatic carbocycles. The van der Waals surface area contributed by atoms with Crippen molar-refractivity contribution in [2.24, 2.45) is 0 Å². The van der Waals surface area contributed by atoms with Crippen molar-refractivity contribution in [3.8, 4) is 11.3 Å². The zero-order valence-electron chi connectivity index (χ0n) is 10.3. The number of nitrogens with zero attached hydrogens (tertiary/aromatic N) is 3. The second kappa shape index (κ2) is 4.48. The van der Waals surface area contributed by atoms with Crippen molar-refractivity contribution in [2.45, 2.75) is 19.3 Å². The molecule has 5 nitrogen and oxygen atoms in total. The van der Waals surface area contributed by atoms with Crippen LogP contribution in [0.1, 0.15) is 11.4 Å². The summed E-state index contributed by atoms with van der Waals surface area (Å²) >= 11 is 0. The van der Waals surface area contributed by atoms with Gasteiger partial charge in [0.1, 0.15) is 18.2 Å². The van der Waals surface area contributed by atoms with Crippen LogP contribution in [0, 0.1) is 0 Å². The van der Waals surface area contributed by atoms with Crippen molar-refractivity contribution in [3.63, 3.8) is 0 Å². The highest BCUT2D eigenvalue weighted by atomic mass is 19.4. The number of imidazole rings is 1. The molecule has 0 spiro atoms. The molecule has 20 heavy (non-hydrogen) atoms. The smallest absolute Gasteiger partial charge is 0.383 e. The minimum absolute atomic E-state index is 0.286. The predicted octanol–water partition coefficient (Wildman–Crippen LogP) is 2.08. The fourth-order valence-corrected chi connectivity index (χ4v) is 2.07. The number of fused-ring (bicyclic) bond motifs is 1. The van der Waals surface area contributed by atoms with Crippen molar-refractivity contribution in [1.29, 1.82) is 0 Å². The van der Waals surface area contributed by atoms with Gasteiger partial charge in [-0.15, -0.1) is 0 Å². The maximum atomic E-state index is 12.8. The molecule has 0 radical (unpaired) electrons. The topological polar surface area (TPSA) is 66.0 Å². The molecule has 1 aliphatic rings. The van der Waals surface area contributed by atoms with Gasteiger partial charge in [-0.3, -0.25) is 0 Å². The maximum Gasteiger partial charge on any atom is 0.419 e. The van der Waals surface area contributed by atoms with Crippen molar-refractivity contribution < 1.29 is 17.9 Å². The number of hydrogen-bond donors (Lipinski definition) is 1. The van der Waals surface area contributed by atoms with Crippen LogP contribution in [-0.4, -0.2) is 21.1 Å². The molecule has 2 aromatic heterocycles. The lowest BCUT2D eigenvalue weighted by Gasteiger charge is -2.13. The van der Waals surface area contributed by atoms with E-state index in [1.165, 1.54) is 6.20 Å². The van der Waals surface area contributed by atoms with Crippen LogP contribution in [0.5, 0.6) is 0 Å². The third-order valence-corrected chi connectivity index (χ3v) is 3.09. The second-order valence-corrected chi connectivity index (χ2v) is 4.44. The molecular formula is C12H11F3N4O. The Kier molecular flexibility index (Phi) is 2.89. The number of anilines is 1. The van der Waals surface area contributed by atoms with E-state index in [0.717, 1.165) is 6.07 Å². The van der Waals surface area contributed by atoms with Gasteiger partial charge in [0.2, 0.25) is 0 Å². The molecule has 2 N–H and O–H groups in total. The summed E-state index contributed by atoms with van der Waals surface area (Å²) in [6.07, 6.45) is -1.54. The Hall–Kier alpha value is -2.09. The highest BCUT2D eigenvalue weighted by molar-refractivity contribution is 5.62. The normalized spacial score (nSPS) is 15.2. The number of nitrogen functional groups attached to an aromatic ring is 1. The van der Waals surface area contributed by atoms with Gasteiger partial charge in [0.15, 0.2) is 0 Å². The average Bonchev–Trinajstić information content (AvgIpc) is 2.81. The molecule has 1 aliphatic heterocycles. The van der Waals surface area contributed by atoms with Crippen molar-refractivity contribution >= 4 is 5.82 Å². The SMILES string of the molecule is Nc1ncc(-c2cn3c(n2)COCC3)cc1C(F)(F)F. The zero-order chi connectivity index (χ0) is 14.3. The molecule has 0 aliphatic carbocycles. The van der Waals surface area contributed by atoms with E-state index in [0.29, 0.717) is 31.3 Å². The highest BCUT2D eigenvalue weighted by Crippen LogP contribution is 2.34. The summed E-state index contributed by atoms with van der Waals surface area (Å²) < 4.78 is 45.5. The number of halogens is 3. The van der Waals surface area contributed by atoms with E-state index in [-0.39, 0.29) is 5.56 Å². The largest absolute Gasteiger partial charge is 0.419 e. The Labute approximate surface area is 112 Å². The van der Waals surface area contributed by atoms with E-state index in [1.54, 1.807) is 6.20 Å². The van der Waals surface area contributed by atoms with Crippen molar-refractivity contribution in [2.75, 3.05) is 12.3 Å². The minimum atomic E-state index is -4.53. The summed E-state index contributed by atoms with van der Waals surface area (Å²) in [6, 6.07) is 0.970. The van der Waals surface area contributed by atoms with E-state index in [2.05, 4.69) is 9.97 Å². The minimum Gasteiger partial charge on any atom is -0.383 e. The molecule has 106 valence electrons. The van der Waals surface area contributed by atoms with Crippen molar-refractivity contribution in [1.82, 2.24) is 14.5 Å². The van der Waals surface area contributed by atoms with Crippen LogP contribution in [0.4, 0.5) is 19.0 Å². The van der Waals surface area contributed by atoms with E-state index in [4.69, 9.17) is 10.5 Å². The first-order valence-corrected chi connectivity index (χ1v) is 5.92. The lowest BCUT2D eigenvalue weighted by molar-refractivity contribution is -0.137. The molecule has 0 saturated heterocycles. The standard InChI is InChI=1S/C12H11F3N4O/c13-12(14,15)8-3-7(4-17-11(8)16)9-5-19-1-2-20-6-10(19)18-9/h3-5H,1-2,6H2,(H2,16,17). The first-order chi connectivity index (χ1) is 9.45. The monoisotopic (exact) mass is 284 g/mol. The number of pyridine rings is 1. The Morgan fingerprint density at radius 2 is 2.15 bits per heavy atom. The first kappa shape index (κ1) is 12.9. The molecule has 0 bridgehead atoms. The summed E-state index contributed by atoms with van der Waals surface area (Å²) in [4.78, 5) is 7.87. The molecule has 8 heteroatoms. The van der Waals surface area contributed by atoms with Gasteiger partial charge in [-0.2, -0.15) is 13.2 Å². The molecule has 0 atom stereocenters. The van der Waals surface area contributed by atoms with Gasteiger partial charge < -0.3 is 15.0 Å².